The summed E-state index contributed by atoms with van der Waals surface area (Å²) in [4.78, 5) is 0. The molecule has 0 bridgehead atoms. The number of hydrogen-bond acceptors (Lipinski definition) is 3. The van der Waals surface area contributed by atoms with Crippen molar-refractivity contribution in [2.45, 2.75) is 32.0 Å². The van der Waals surface area contributed by atoms with E-state index in [0.29, 0.717) is 13.2 Å². The normalized spacial score (nSPS) is 36.0. The molecule has 1 saturated carbocycles. The van der Waals surface area contributed by atoms with Crippen LogP contribution in [0.3, 0.4) is 0 Å². The third-order valence-electron chi connectivity index (χ3n) is 4.24. The number of aliphatic hydroxyl groups excluding tert-OH is 1. The van der Waals surface area contributed by atoms with Gasteiger partial charge < -0.3 is 14.6 Å². The molecule has 2 atom stereocenters. The van der Waals surface area contributed by atoms with Crippen LogP contribution in [0.25, 0.3) is 0 Å². The second-order valence-corrected chi connectivity index (χ2v) is 5.40. The highest BCUT2D eigenvalue weighted by Gasteiger charge is 2.50. The lowest BCUT2D eigenvalue weighted by Crippen LogP contribution is -2.45. The van der Waals surface area contributed by atoms with E-state index >= 15 is 0 Å². The molecule has 2 aliphatic rings. The van der Waals surface area contributed by atoms with Gasteiger partial charge in [0.15, 0.2) is 5.79 Å². The van der Waals surface area contributed by atoms with Crippen molar-refractivity contribution < 1.29 is 14.6 Å². The minimum Gasteiger partial charge on any atom is -0.392 e. The van der Waals surface area contributed by atoms with E-state index in [9.17, 15) is 5.11 Å². The molecule has 96 valence electrons. The van der Waals surface area contributed by atoms with Gasteiger partial charge >= 0.3 is 0 Å². The highest BCUT2D eigenvalue weighted by Crippen LogP contribution is 2.51. The molecule has 0 aromatic heterocycles. The monoisotopic (exact) mass is 238 g/mol. The minimum atomic E-state index is -0.421. The maximum Gasteiger partial charge on any atom is 0.169 e. The van der Waals surface area contributed by atoms with E-state index in [1.54, 1.807) is 0 Å². The summed E-state index contributed by atoms with van der Waals surface area (Å²) < 4.78 is 11.6. The highest BCUT2D eigenvalue weighted by molar-refractivity contribution is 5.15. The van der Waals surface area contributed by atoms with Gasteiger partial charge in [-0.25, -0.2) is 0 Å². The van der Waals surface area contributed by atoms with Gasteiger partial charge in [-0.1, -0.05) is 19.6 Å². The van der Waals surface area contributed by atoms with Gasteiger partial charge in [-0.05, 0) is 23.3 Å². The fourth-order valence-corrected chi connectivity index (χ4v) is 3.22. The fourth-order valence-electron chi connectivity index (χ4n) is 3.22. The second-order valence-electron chi connectivity index (χ2n) is 5.40. The number of ether oxygens (including phenoxy) is 2. The predicted molar refractivity (Wildman–Crippen MR) is 66.5 cm³/mol. The Balaban J connectivity index is 2.19. The molecule has 0 aromatic carbocycles. The van der Waals surface area contributed by atoms with Gasteiger partial charge in [-0.15, -0.1) is 6.58 Å². The zero-order valence-electron chi connectivity index (χ0n) is 10.6. The van der Waals surface area contributed by atoms with Crippen LogP contribution in [0.1, 0.15) is 26.2 Å². The minimum absolute atomic E-state index is 0.0445. The number of rotatable bonds is 3. The molecular weight excluding hydrogens is 216 g/mol. The smallest absolute Gasteiger partial charge is 0.169 e. The molecule has 0 aromatic rings. The second kappa shape index (κ2) is 4.56. The third kappa shape index (κ3) is 2.19. The van der Waals surface area contributed by atoms with E-state index < -0.39 is 5.79 Å². The molecule has 17 heavy (non-hydrogen) atoms. The van der Waals surface area contributed by atoms with Crippen molar-refractivity contribution in [3.05, 3.63) is 24.8 Å². The van der Waals surface area contributed by atoms with Crippen LogP contribution in [0.2, 0.25) is 0 Å². The molecule has 2 rings (SSSR count). The summed E-state index contributed by atoms with van der Waals surface area (Å²) in [7, 11) is 0. The maximum atomic E-state index is 9.28. The van der Waals surface area contributed by atoms with Crippen LogP contribution in [0, 0.1) is 11.3 Å². The summed E-state index contributed by atoms with van der Waals surface area (Å²) in [5.74, 6) is -0.154. The van der Waals surface area contributed by atoms with Gasteiger partial charge in [0.1, 0.15) is 0 Å². The van der Waals surface area contributed by atoms with Crippen LogP contribution in [0.15, 0.2) is 24.8 Å². The van der Waals surface area contributed by atoms with Crippen LogP contribution in [0.5, 0.6) is 0 Å². The Morgan fingerprint density at radius 2 is 2.12 bits per heavy atom. The van der Waals surface area contributed by atoms with Crippen molar-refractivity contribution in [3.63, 3.8) is 0 Å². The first-order chi connectivity index (χ1) is 8.05. The average molecular weight is 238 g/mol. The van der Waals surface area contributed by atoms with Crippen molar-refractivity contribution >= 4 is 0 Å². The largest absolute Gasteiger partial charge is 0.392 e. The Morgan fingerprint density at radius 1 is 1.47 bits per heavy atom. The summed E-state index contributed by atoms with van der Waals surface area (Å²) in [5, 5.41) is 9.28. The zero-order valence-corrected chi connectivity index (χ0v) is 10.6. The summed E-state index contributed by atoms with van der Waals surface area (Å²) in [6.07, 6.45) is 4.57. The van der Waals surface area contributed by atoms with E-state index in [1.165, 1.54) is 0 Å². The van der Waals surface area contributed by atoms with Crippen LogP contribution in [-0.4, -0.2) is 30.7 Å². The molecule has 1 heterocycles. The molecule has 1 spiro atoms. The van der Waals surface area contributed by atoms with Crippen LogP contribution in [-0.2, 0) is 9.47 Å². The first-order valence-electron chi connectivity index (χ1n) is 6.25. The van der Waals surface area contributed by atoms with Crippen molar-refractivity contribution in [2.24, 2.45) is 11.3 Å². The predicted octanol–water partition coefficient (Wildman–Crippen LogP) is 2.27. The third-order valence-corrected chi connectivity index (χ3v) is 4.24. The van der Waals surface area contributed by atoms with Gasteiger partial charge in [-0.3, -0.25) is 0 Å². The Bertz CT molecular complexity index is 317. The molecule has 1 aliphatic carbocycles. The molecule has 1 aliphatic heterocycles. The van der Waals surface area contributed by atoms with E-state index in [0.717, 1.165) is 24.8 Å². The van der Waals surface area contributed by atoms with Crippen LogP contribution >= 0.6 is 0 Å². The molecule has 2 fully saturated rings. The fraction of sp³-hybridized carbons (Fsp3) is 0.714. The summed E-state index contributed by atoms with van der Waals surface area (Å²) in [6.45, 7) is 11.5. The van der Waals surface area contributed by atoms with Crippen molar-refractivity contribution in [3.8, 4) is 0 Å². The van der Waals surface area contributed by atoms with Crippen LogP contribution < -0.4 is 0 Å². The molecular formula is C14H22O3. The Hall–Kier alpha value is -0.640. The van der Waals surface area contributed by atoms with E-state index in [4.69, 9.17) is 9.47 Å². The molecule has 0 amide bonds. The highest BCUT2D eigenvalue weighted by atomic mass is 16.7. The molecule has 3 nitrogen and oxygen atoms in total. The number of aliphatic hydroxyl groups is 1. The number of allylic oxidation sites excluding steroid dienone is 1. The molecule has 1 N–H and O–H groups in total. The topological polar surface area (TPSA) is 38.7 Å². The summed E-state index contributed by atoms with van der Waals surface area (Å²) in [6, 6.07) is 0. The Morgan fingerprint density at radius 3 is 2.65 bits per heavy atom. The van der Waals surface area contributed by atoms with Crippen molar-refractivity contribution in [1.29, 1.82) is 0 Å². The van der Waals surface area contributed by atoms with Gasteiger partial charge in [0.2, 0.25) is 0 Å². The Labute approximate surface area is 103 Å². The van der Waals surface area contributed by atoms with Gasteiger partial charge in [0, 0.05) is 12.8 Å². The number of hydrogen-bond donors (Lipinski definition) is 1. The molecule has 3 heteroatoms. The molecule has 1 saturated heterocycles. The maximum absolute atomic E-state index is 9.28. The van der Waals surface area contributed by atoms with E-state index in [-0.39, 0.29) is 17.9 Å². The lowest BCUT2D eigenvalue weighted by Gasteiger charge is -2.47. The van der Waals surface area contributed by atoms with Crippen molar-refractivity contribution in [2.75, 3.05) is 19.8 Å². The first-order valence-corrected chi connectivity index (χ1v) is 6.25. The van der Waals surface area contributed by atoms with E-state index in [2.05, 4.69) is 20.1 Å². The SMILES string of the molecule is C=C[C@]1(C)CC2(CC[C@H]1C(=C)CO)OCCO2. The van der Waals surface area contributed by atoms with Gasteiger partial charge in [0.05, 0.1) is 19.8 Å². The summed E-state index contributed by atoms with van der Waals surface area (Å²) in [5.41, 5.74) is 0.780. The summed E-state index contributed by atoms with van der Waals surface area (Å²) >= 11 is 0. The molecule has 0 radical (unpaired) electrons. The van der Waals surface area contributed by atoms with Gasteiger partial charge in [0.25, 0.3) is 0 Å². The van der Waals surface area contributed by atoms with E-state index in [1.807, 2.05) is 6.08 Å². The lowest BCUT2D eigenvalue weighted by molar-refractivity contribution is -0.201. The lowest BCUT2D eigenvalue weighted by atomic mass is 9.63. The first kappa shape index (κ1) is 12.8. The van der Waals surface area contributed by atoms with Crippen LogP contribution in [0.4, 0.5) is 0 Å². The van der Waals surface area contributed by atoms with Gasteiger partial charge in [-0.2, -0.15) is 0 Å². The quantitative estimate of drug-likeness (QED) is 0.767. The standard InChI is InChI=1S/C14H22O3/c1-4-13(3)10-14(16-7-8-17-14)6-5-12(13)11(2)9-15/h4,12,15H,1-2,5-10H2,3H3/t12-,13+/m0/s1. The van der Waals surface area contributed by atoms with Crippen molar-refractivity contribution in [1.82, 2.24) is 0 Å². The molecule has 0 unspecified atom stereocenters. The Kier molecular flexibility index (Phi) is 3.43. The average Bonchev–Trinajstić information content (AvgIpc) is 2.76. The zero-order chi connectivity index (χ0) is 12.5.